The van der Waals surface area contributed by atoms with E-state index in [9.17, 15) is 4.39 Å². The number of hydrogen-bond donors (Lipinski definition) is 1. The Morgan fingerprint density at radius 2 is 2.21 bits per heavy atom. The number of rotatable bonds is 5. The minimum absolute atomic E-state index is 0.154. The first-order valence-electron chi connectivity index (χ1n) is 6.16. The molecule has 1 aromatic heterocycles. The molecule has 1 atom stereocenters. The van der Waals surface area contributed by atoms with Crippen LogP contribution < -0.4 is 10.1 Å². The summed E-state index contributed by atoms with van der Waals surface area (Å²) in [6, 6.07) is 6.62. The number of aryl methyl sites for hydroxylation is 1. The van der Waals surface area contributed by atoms with Crippen molar-refractivity contribution in [3.8, 4) is 5.75 Å². The Bertz CT molecular complexity index is 553. The Hall–Kier alpha value is -1.88. The van der Waals surface area contributed by atoms with E-state index in [4.69, 9.17) is 4.74 Å². The van der Waals surface area contributed by atoms with Gasteiger partial charge in [-0.2, -0.15) is 5.10 Å². The molecule has 1 aromatic carbocycles. The summed E-state index contributed by atoms with van der Waals surface area (Å²) in [5.74, 6) is 0.293. The summed E-state index contributed by atoms with van der Waals surface area (Å²) in [7, 11) is 3.41. The number of hydrogen-bond acceptors (Lipinski definition) is 3. The first-order chi connectivity index (χ1) is 9.11. The molecule has 0 amide bonds. The van der Waals surface area contributed by atoms with Crippen LogP contribution in [0.1, 0.15) is 24.2 Å². The fourth-order valence-corrected chi connectivity index (χ4v) is 2.03. The number of benzene rings is 1. The van der Waals surface area contributed by atoms with Crippen molar-refractivity contribution in [2.45, 2.75) is 19.5 Å². The normalized spacial score (nSPS) is 12.4. The van der Waals surface area contributed by atoms with Gasteiger partial charge in [-0.3, -0.25) is 4.68 Å². The Kier molecular flexibility index (Phi) is 4.16. The molecule has 0 saturated carbocycles. The first-order valence-corrected chi connectivity index (χ1v) is 6.16. The zero-order chi connectivity index (χ0) is 13.8. The predicted molar refractivity (Wildman–Crippen MR) is 71.4 cm³/mol. The third-order valence-corrected chi connectivity index (χ3v) is 3.02. The van der Waals surface area contributed by atoms with Crippen molar-refractivity contribution in [1.82, 2.24) is 15.1 Å². The van der Waals surface area contributed by atoms with Crippen LogP contribution in [0.15, 0.2) is 30.5 Å². The Morgan fingerprint density at radius 3 is 2.84 bits per heavy atom. The van der Waals surface area contributed by atoms with Crippen LogP contribution >= 0.6 is 0 Å². The third-order valence-electron chi connectivity index (χ3n) is 3.02. The summed E-state index contributed by atoms with van der Waals surface area (Å²) in [6.07, 6.45) is 1.88. The van der Waals surface area contributed by atoms with Gasteiger partial charge in [0.25, 0.3) is 0 Å². The fourth-order valence-electron chi connectivity index (χ4n) is 2.03. The summed E-state index contributed by atoms with van der Waals surface area (Å²) in [6.45, 7) is 2.49. The third kappa shape index (κ3) is 3.12. The standard InChI is InChI=1S/C14H18FN3O/c1-10(16-9-11-7-8-18(2)17-11)14-12(15)5-4-6-13(14)19-3/h4-8,10,16H,9H2,1-3H3. The summed E-state index contributed by atoms with van der Waals surface area (Å²) in [5, 5.41) is 7.52. The molecule has 0 aliphatic carbocycles. The monoisotopic (exact) mass is 263 g/mol. The van der Waals surface area contributed by atoms with E-state index >= 15 is 0 Å². The largest absolute Gasteiger partial charge is 0.496 e. The number of halogens is 1. The molecule has 0 bridgehead atoms. The van der Waals surface area contributed by atoms with Crippen molar-refractivity contribution in [3.05, 3.63) is 47.5 Å². The van der Waals surface area contributed by atoms with Crippen molar-refractivity contribution in [2.24, 2.45) is 7.05 Å². The molecule has 2 aromatic rings. The maximum atomic E-state index is 13.9. The van der Waals surface area contributed by atoms with Crippen LogP contribution in [0.5, 0.6) is 5.75 Å². The van der Waals surface area contributed by atoms with E-state index in [1.165, 1.54) is 6.07 Å². The van der Waals surface area contributed by atoms with Crippen LogP contribution in [-0.4, -0.2) is 16.9 Å². The van der Waals surface area contributed by atoms with E-state index in [0.29, 0.717) is 17.9 Å². The SMILES string of the molecule is COc1cccc(F)c1C(C)NCc1ccn(C)n1. The first kappa shape index (κ1) is 13.5. The van der Waals surface area contributed by atoms with Crippen LogP contribution in [0.2, 0.25) is 0 Å². The number of ether oxygens (including phenoxy) is 1. The molecule has 1 heterocycles. The van der Waals surface area contributed by atoms with Gasteiger partial charge in [0.05, 0.1) is 12.8 Å². The van der Waals surface area contributed by atoms with Gasteiger partial charge in [0, 0.05) is 31.4 Å². The van der Waals surface area contributed by atoms with Crippen molar-refractivity contribution >= 4 is 0 Å². The molecule has 19 heavy (non-hydrogen) atoms. The van der Waals surface area contributed by atoms with E-state index in [2.05, 4.69) is 10.4 Å². The van der Waals surface area contributed by atoms with Gasteiger partial charge in [-0.15, -0.1) is 0 Å². The van der Waals surface area contributed by atoms with Gasteiger partial charge in [0.2, 0.25) is 0 Å². The van der Waals surface area contributed by atoms with Gasteiger partial charge in [0.1, 0.15) is 11.6 Å². The summed E-state index contributed by atoms with van der Waals surface area (Å²) < 4.78 is 20.8. The maximum absolute atomic E-state index is 13.9. The minimum atomic E-state index is -0.264. The molecule has 2 rings (SSSR count). The van der Waals surface area contributed by atoms with Crippen molar-refractivity contribution in [2.75, 3.05) is 7.11 Å². The lowest BCUT2D eigenvalue weighted by molar-refractivity contribution is 0.393. The average Bonchev–Trinajstić information content (AvgIpc) is 2.81. The topological polar surface area (TPSA) is 39.1 Å². The smallest absolute Gasteiger partial charge is 0.131 e. The van der Waals surface area contributed by atoms with E-state index < -0.39 is 0 Å². The molecule has 4 nitrogen and oxygen atoms in total. The van der Waals surface area contributed by atoms with Crippen LogP contribution in [0.3, 0.4) is 0 Å². The van der Waals surface area contributed by atoms with Crippen molar-refractivity contribution in [3.63, 3.8) is 0 Å². The molecule has 5 heteroatoms. The Labute approximate surface area is 112 Å². The molecule has 0 aliphatic rings. The molecule has 0 saturated heterocycles. The highest BCUT2D eigenvalue weighted by Gasteiger charge is 2.16. The number of aromatic nitrogens is 2. The maximum Gasteiger partial charge on any atom is 0.131 e. The molecular weight excluding hydrogens is 245 g/mol. The molecule has 0 aliphatic heterocycles. The lowest BCUT2D eigenvalue weighted by atomic mass is 10.1. The highest BCUT2D eigenvalue weighted by atomic mass is 19.1. The van der Waals surface area contributed by atoms with Gasteiger partial charge in [-0.05, 0) is 25.1 Å². The lowest BCUT2D eigenvalue weighted by Crippen LogP contribution is -2.20. The molecular formula is C14H18FN3O. The zero-order valence-corrected chi connectivity index (χ0v) is 11.4. The summed E-state index contributed by atoms with van der Waals surface area (Å²) in [5.41, 5.74) is 1.46. The molecule has 1 unspecified atom stereocenters. The second-order valence-corrected chi connectivity index (χ2v) is 4.44. The number of methoxy groups -OCH3 is 1. The zero-order valence-electron chi connectivity index (χ0n) is 11.4. The second-order valence-electron chi connectivity index (χ2n) is 4.44. The van der Waals surface area contributed by atoms with Crippen LogP contribution in [0.25, 0.3) is 0 Å². The van der Waals surface area contributed by atoms with Crippen molar-refractivity contribution < 1.29 is 9.13 Å². The Morgan fingerprint density at radius 1 is 1.42 bits per heavy atom. The fraction of sp³-hybridized carbons (Fsp3) is 0.357. The second kappa shape index (κ2) is 5.84. The lowest BCUT2D eigenvalue weighted by Gasteiger charge is -2.17. The molecule has 0 fully saturated rings. The van der Waals surface area contributed by atoms with E-state index in [1.54, 1.807) is 23.9 Å². The van der Waals surface area contributed by atoms with E-state index in [0.717, 1.165) is 5.69 Å². The van der Waals surface area contributed by atoms with Gasteiger partial charge < -0.3 is 10.1 Å². The molecule has 0 radical (unpaired) electrons. The van der Waals surface area contributed by atoms with Gasteiger partial charge in [-0.1, -0.05) is 6.07 Å². The quantitative estimate of drug-likeness (QED) is 0.900. The molecule has 0 spiro atoms. The summed E-state index contributed by atoms with van der Waals surface area (Å²) in [4.78, 5) is 0. The Balaban J connectivity index is 2.09. The van der Waals surface area contributed by atoms with Gasteiger partial charge in [-0.25, -0.2) is 4.39 Å². The average molecular weight is 263 g/mol. The predicted octanol–water partition coefficient (Wildman–Crippen LogP) is 2.42. The summed E-state index contributed by atoms with van der Waals surface area (Å²) >= 11 is 0. The van der Waals surface area contributed by atoms with E-state index in [-0.39, 0.29) is 11.9 Å². The van der Waals surface area contributed by atoms with Crippen molar-refractivity contribution in [1.29, 1.82) is 0 Å². The minimum Gasteiger partial charge on any atom is -0.496 e. The van der Waals surface area contributed by atoms with Gasteiger partial charge in [0.15, 0.2) is 0 Å². The van der Waals surface area contributed by atoms with Crippen LogP contribution in [0, 0.1) is 5.82 Å². The highest BCUT2D eigenvalue weighted by Crippen LogP contribution is 2.27. The number of nitrogens with one attached hydrogen (secondary N) is 1. The van der Waals surface area contributed by atoms with Crippen LogP contribution in [-0.2, 0) is 13.6 Å². The molecule has 1 N–H and O–H groups in total. The van der Waals surface area contributed by atoms with Crippen LogP contribution in [0.4, 0.5) is 4.39 Å². The number of nitrogens with zero attached hydrogens (tertiary/aromatic N) is 2. The molecule has 102 valence electrons. The highest BCUT2D eigenvalue weighted by molar-refractivity contribution is 5.36. The van der Waals surface area contributed by atoms with Gasteiger partial charge >= 0.3 is 0 Å². The van der Waals surface area contributed by atoms with E-state index in [1.807, 2.05) is 26.2 Å².